The van der Waals surface area contributed by atoms with Crippen molar-refractivity contribution in [3.8, 4) is 0 Å². The second-order valence-corrected chi connectivity index (χ2v) is 14.0. The van der Waals surface area contributed by atoms with Crippen LogP contribution >= 0.6 is 0 Å². The summed E-state index contributed by atoms with van der Waals surface area (Å²) in [6, 6.07) is 26.5. The highest BCUT2D eigenvalue weighted by atomic mass is 16.6. The quantitative estimate of drug-likeness (QED) is 0.0614. The number of amides is 4. The Bertz CT molecular complexity index is 1570. The standard InChI is InChI=1S/C41H54N4O8/c1-30(43-40(50)52-29-33-20-12-7-13-21-33)24-36(46)44-34(22-14-15-23-42-39(49)53-41(2,3)4)26-37(47)45-35(25-31-16-8-5-9-17-31)27-38(48)51-28-32-18-10-6-11-19-32/h5-13,16-21,30,34-35H,14-15,22-29H2,1-4H3,(H,42,49)(H,43,50)(H,44,46)(H,45,47)/t30-,34-,35-/m0/s1. The van der Waals surface area contributed by atoms with Gasteiger partial charge in [0.25, 0.3) is 0 Å². The SMILES string of the molecule is C[C@@H](CC(=O)N[C@@H](CCCCNC(=O)OC(C)(C)C)CC(=O)N[C@H](CC(=O)OCc1ccccc1)Cc1ccccc1)NC(=O)OCc1ccccc1. The van der Waals surface area contributed by atoms with Crippen LogP contribution in [0.4, 0.5) is 9.59 Å². The Hall–Kier alpha value is -5.39. The molecule has 0 saturated heterocycles. The molecule has 4 N–H and O–H groups in total. The van der Waals surface area contributed by atoms with Gasteiger partial charge in [-0.15, -0.1) is 0 Å². The molecule has 0 spiro atoms. The van der Waals surface area contributed by atoms with Crippen molar-refractivity contribution in [1.29, 1.82) is 0 Å². The van der Waals surface area contributed by atoms with Gasteiger partial charge in [0.2, 0.25) is 11.8 Å². The fourth-order valence-electron chi connectivity index (χ4n) is 5.41. The highest BCUT2D eigenvalue weighted by Gasteiger charge is 2.23. The van der Waals surface area contributed by atoms with Crippen LogP contribution in [-0.2, 0) is 48.2 Å². The van der Waals surface area contributed by atoms with E-state index in [1.165, 1.54) is 0 Å². The Morgan fingerprint density at radius 2 is 1.13 bits per heavy atom. The molecular weight excluding hydrogens is 676 g/mol. The number of hydrogen-bond acceptors (Lipinski definition) is 8. The van der Waals surface area contributed by atoms with Crippen molar-refractivity contribution in [1.82, 2.24) is 21.3 Å². The maximum atomic E-state index is 13.5. The van der Waals surface area contributed by atoms with Gasteiger partial charge in [0.05, 0.1) is 6.42 Å². The largest absolute Gasteiger partial charge is 0.461 e. The van der Waals surface area contributed by atoms with Crippen molar-refractivity contribution in [2.24, 2.45) is 0 Å². The van der Waals surface area contributed by atoms with E-state index in [1.807, 2.05) is 91.0 Å². The third-order valence-electron chi connectivity index (χ3n) is 7.86. The van der Waals surface area contributed by atoms with Gasteiger partial charge in [-0.05, 0) is 70.1 Å². The van der Waals surface area contributed by atoms with Crippen LogP contribution in [0.2, 0.25) is 0 Å². The van der Waals surface area contributed by atoms with Crippen molar-refractivity contribution < 1.29 is 38.2 Å². The van der Waals surface area contributed by atoms with Gasteiger partial charge >= 0.3 is 18.2 Å². The van der Waals surface area contributed by atoms with Crippen LogP contribution in [0.25, 0.3) is 0 Å². The zero-order valence-electron chi connectivity index (χ0n) is 31.2. The molecule has 3 aromatic rings. The molecule has 0 bridgehead atoms. The van der Waals surface area contributed by atoms with E-state index in [9.17, 15) is 24.0 Å². The number of alkyl carbamates (subject to hydrolysis) is 2. The molecule has 53 heavy (non-hydrogen) atoms. The van der Waals surface area contributed by atoms with Gasteiger partial charge in [0.1, 0.15) is 18.8 Å². The predicted molar refractivity (Wildman–Crippen MR) is 201 cm³/mol. The minimum atomic E-state index is -0.644. The summed E-state index contributed by atoms with van der Waals surface area (Å²) in [5.74, 6) is -1.13. The van der Waals surface area contributed by atoms with Crippen molar-refractivity contribution in [3.05, 3.63) is 108 Å². The molecule has 0 unspecified atom stereocenters. The Morgan fingerprint density at radius 1 is 0.604 bits per heavy atom. The lowest BCUT2D eigenvalue weighted by Crippen LogP contribution is -2.45. The smallest absolute Gasteiger partial charge is 0.407 e. The number of carbonyl (C=O) groups is 5. The molecule has 12 heteroatoms. The predicted octanol–water partition coefficient (Wildman–Crippen LogP) is 6.12. The molecule has 0 heterocycles. The Morgan fingerprint density at radius 3 is 1.72 bits per heavy atom. The highest BCUT2D eigenvalue weighted by molar-refractivity contribution is 5.81. The number of unbranched alkanes of at least 4 members (excludes halogenated alkanes) is 1. The second-order valence-electron chi connectivity index (χ2n) is 14.0. The van der Waals surface area contributed by atoms with E-state index in [4.69, 9.17) is 14.2 Å². The van der Waals surface area contributed by atoms with Crippen molar-refractivity contribution >= 4 is 30.0 Å². The minimum Gasteiger partial charge on any atom is -0.461 e. The van der Waals surface area contributed by atoms with Gasteiger partial charge in [0.15, 0.2) is 0 Å². The van der Waals surface area contributed by atoms with Crippen LogP contribution < -0.4 is 21.3 Å². The first-order valence-electron chi connectivity index (χ1n) is 18.1. The fourth-order valence-corrected chi connectivity index (χ4v) is 5.41. The summed E-state index contributed by atoms with van der Waals surface area (Å²) < 4.78 is 16.1. The number of hydrogen-bond donors (Lipinski definition) is 4. The molecule has 0 aliphatic rings. The first-order valence-corrected chi connectivity index (χ1v) is 18.1. The van der Waals surface area contributed by atoms with Gasteiger partial charge in [-0.25, -0.2) is 9.59 Å². The van der Waals surface area contributed by atoms with Gasteiger partial charge in [-0.3, -0.25) is 14.4 Å². The number of esters is 1. The summed E-state index contributed by atoms with van der Waals surface area (Å²) in [6.07, 6.45) is 0.743. The average molecular weight is 731 g/mol. The van der Waals surface area contributed by atoms with E-state index in [0.29, 0.717) is 32.2 Å². The monoisotopic (exact) mass is 730 g/mol. The highest BCUT2D eigenvalue weighted by Crippen LogP contribution is 2.12. The number of rotatable bonds is 20. The average Bonchev–Trinajstić information content (AvgIpc) is 3.10. The molecule has 3 atom stereocenters. The van der Waals surface area contributed by atoms with Crippen LogP contribution in [0.5, 0.6) is 0 Å². The molecule has 4 amide bonds. The number of carbonyl (C=O) groups excluding carboxylic acids is 5. The lowest BCUT2D eigenvalue weighted by atomic mass is 10.0. The van der Waals surface area contributed by atoms with E-state index < -0.39 is 41.9 Å². The maximum absolute atomic E-state index is 13.5. The first-order chi connectivity index (χ1) is 25.3. The summed E-state index contributed by atoms with van der Waals surface area (Å²) in [7, 11) is 0. The summed E-state index contributed by atoms with van der Waals surface area (Å²) >= 11 is 0. The molecular formula is C41H54N4O8. The van der Waals surface area contributed by atoms with Gasteiger partial charge in [-0.2, -0.15) is 0 Å². The Labute approximate surface area is 312 Å². The minimum absolute atomic E-state index is 0.0373. The van der Waals surface area contributed by atoms with Crippen LogP contribution in [0.3, 0.4) is 0 Å². The molecule has 0 fully saturated rings. The lowest BCUT2D eigenvalue weighted by Gasteiger charge is -2.23. The normalized spacial score (nSPS) is 12.7. The van der Waals surface area contributed by atoms with Crippen molar-refractivity contribution in [2.75, 3.05) is 6.54 Å². The zero-order chi connectivity index (χ0) is 38.5. The molecule has 0 aromatic heterocycles. The number of nitrogens with one attached hydrogen (secondary N) is 4. The second kappa shape index (κ2) is 22.5. The van der Waals surface area contributed by atoms with E-state index in [2.05, 4.69) is 21.3 Å². The number of benzene rings is 3. The van der Waals surface area contributed by atoms with Gasteiger partial charge in [-0.1, -0.05) is 91.0 Å². The van der Waals surface area contributed by atoms with Crippen LogP contribution in [0.1, 0.15) is 82.9 Å². The molecule has 286 valence electrons. The third-order valence-corrected chi connectivity index (χ3v) is 7.86. The zero-order valence-corrected chi connectivity index (χ0v) is 31.2. The van der Waals surface area contributed by atoms with E-state index in [0.717, 1.165) is 16.7 Å². The summed E-state index contributed by atoms with van der Waals surface area (Å²) in [4.78, 5) is 63.9. The Balaban J connectivity index is 1.58. The van der Waals surface area contributed by atoms with Crippen LogP contribution in [0.15, 0.2) is 91.0 Å². The molecule has 0 saturated carbocycles. The molecule has 12 nitrogen and oxygen atoms in total. The molecule has 3 rings (SSSR count). The lowest BCUT2D eigenvalue weighted by molar-refractivity contribution is -0.145. The number of ether oxygens (including phenoxy) is 3. The fraction of sp³-hybridized carbons (Fsp3) is 0.439. The first kappa shape index (κ1) is 42.0. The van der Waals surface area contributed by atoms with E-state index in [-0.39, 0.29) is 44.3 Å². The molecule has 3 aromatic carbocycles. The van der Waals surface area contributed by atoms with Gasteiger partial charge < -0.3 is 35.5 Å². The third kappa shape index (κ3) is 19.1. The van der Waals surface area contributed by atoms with Gasteiger partial charge in [0, 0.05) is 37.5 Å². The topological polar surface area (TPSA) is 161 Å². The van der Waals surface area contributed by atoms with E-state index in [1.54, 1.807) is 27.7 Å². The summed E-state index contributed by atoms with van der Waals surface area (Å²) in [5.41, 5.74) is 2.03. The maximum Gasteiger partial charge on any atom is 0.407 e. The van der Waals surface area contributed by atoms with Crippen LogP contribution in [-0.4, -0.2) is 60.2 Å². The van der Waals surface area contributed by atoms with Crippen LogP contribution in [0, 0.1) is 0 Å². The molecule has 0 radical (unpaired) electrons. The molecule has 0 aliphatic carbocycles. The van der Waals surface area contributed by atoms with E-state index >= 15 is 0 Å². The van der Waals surface area contributed by atoms with Crippen molar-refractivity contribution in [3.63, 3.8) is 0 Å². The molecule has 0 aliphatic heterocycles. The Kier molecular flexibility index (Phi) is 17.9. The summed E-state index contributed by atoms with van der Waals surface area (Å²) in [6.45, 7) is 7.63. The summed E-state index contributed by atoms with van der Waals surface area (Å²) in [5, 5.41) is 11.3. The van der Waals surface area contributed by atoms with Crippen molar-refractivity contribution in [2.45, 2.75) is 110 Å².